The van der Waals surface area contributed by atoms with Gasteiger partial charge in [0.1, 0.15) is 10.7 Å². The molecule has 0 atom stereocenters. The van der Waals surface area contributed by atoms with Crippen molar-refractivity contribution in [3.8, 4) is 16.6 Å². The van der Waals surface area contributed by atoms with Crippen LogP contribution in [0.3, 0.4) is 0 Å². The highest BCUT2D eigenvalue weighted by molar-refractivity contribution is 7.97. The second kappa shape index (κ2) is 8.25. The molecule has 7 nitrogen and oxygen atoms in total. The maximum Gasteiger partial charge on any atom is 0.151 e. The predicted octanol–water partition coefficient (Wildman–Crippen LogP) is 3.87. The third-order valence-electron chi connectivity index (χ3n) is 4.61. The van der Waals surface area contributed by atoms with Crippen LogP contribution in [0.4, 0.5) is 5.69 Å². The first kappa shape index (κ1) is 18.2. The molecule has 27 heavy (non-hydrogen) atoms. The first-order valence-electron chi connectivity index (χ1n) is 9.02. The number of hydrogen-bond donors (Lipinski definition) is 3. The van der Waals surface area contributed by atoms with Crippen molar-refractivity contribution < 1.29 is 0 Å². The second-order valence-electron chi connectivity index (χ2n) is 6.65. The van der Waals surface area contributed by atoms with Crippen LogP contribution in [0, 0.1) is 18.3 Å². The van der Waals surface area contributed by atoms with Crippen LogP contribution in [0.25, 0.3) is 21.6 Å². The van der Waals surface area contributed by atoms with Gasteiger partial charge in [0.15, 0.2) is 5.01 Å². The van der Waals surface area contributed by atoms with Crippen molar-refractivity contribution in [1.29, 1.82) is 5.26 Å². The van der Waals surface area contributed by atoms with Crippen LogP contribution in [0.5, 0.6) is 0 Å². The van der Waals surface area contributed by atoms with Crippen molar-refractivity contribution in [2.24, 2.45) is 0 Å². The van der Waals surface area contributed by atoms with Gasteiger partial charge in [0.05, 0.1) is 17.3 Å². The summed E-state index contributed by atoms with van der Waals surface area (Å²) in [5.41, 5.74) is 2.97. The molecule has 1 saturated carbocycles. The van der Waals surface area contributed by atoms with Crippen LogP contribution in [-0.2, 0) is 0 Å². The average Bonchev–Trinajstić information content (AvgIpc) is 3.27. The Labute approximate surface area is 166 Å². The monoisotopic (exact) mass is 399 g/mol. The Morgan fingerprint density at radius 2 is 2.26 bits per heavy atom. The Bertz CT molecular complexity index is 952. The number of pyridine rings is 1. The summed E-state index contributed by atoms with van der Waals surface area (Å²) >= 11 is 3.32. The first-order chi connectivity index (χ1) is 13.2. The maximum atomic E-state index is 8.57. The van der Waals surface area contributed by atoms with E-state index >= 15 is 0 Å². The molecule has 0 amide bonds. The number of aromatic nitrogens is 4. The van der Waals surface area contributed by atoms with Gasteiger partial charge in [-0.2, -0.15) is 5.26 Å². The van der Waals surface area contributed by atoms with Gasteiger partial charge in [0.2, 0.25) is 0 Å². The van der Waals surface area contributed by atoms with Gasteiger partial charge in [-0.15, -0.1) is 10.2 Å². The fraction of sp³-hybridized carbons (Fsp3) is 0.444. The summed E-state index contributed by atoms with van der Waals surface area (Å²) in [5.74, 6) is 0.983. The fourth-order valence-electron chi connectivity index (χ4n) is 3.17. The number of rotatable bonds is 8. The number of nitrogens with one attached hydrogen (secondary N) is 3. The normalized spacial score (nSPS) is 19.0. The molecule has 3 heterocycles. The third kappa shape index (κ3) is 4.08. The van der Waals surface area contributed by atoms with Gasteiger partial charge < -0.3 is 10.3 Å². The number of unbranched alkanes of at least 4 members (excludes halogenated alkanes) is 1. The molecule has 1 fully saturated rings. The van der Waals surface area contributed by atoms with Crippen molar-refractivity contribution >= 4 is 40.0 Å². The van der Waals surface area contributed by atoms with Gasteiger partial charge >= 0.3 is 0 Å². The molecular formula is C18H21N7S2. The minimum absolute atomic E-state index is 0.426. The standard InChI is InChI=1S/C18H21N7S2/c1-11-23-24-18(27-11)15-10-21-17-14(4-6-20-17)16(15)22-12-8-13(9-12)25-26-7-3-2-5-19/h4,6,10,12-13,25H,2-3,7-9H2,1H3,(H2,20,21,22). The molecule has 3 aromatic rings. The Hall–Kier alpha value is -2.15. The summed E-state index contributed by atoms with van der Waals surface area (Å²) in [6.45, 7) is 1.97. The topological polar surface area (TPSA) is 102 Å². The molecule has 0 bridgehead atoms. The molecule has 9 heteroatoms. The number of anilines is 1. The number of nitrogens with zero attached hydrogens (tertiary/aromatic N) is 4. The molecule has 1 aliphatic carbocycles. The number of aryl methyl sites for hydroxylation is 1. The van der Waals surface area contributed by atoms with Gasteiger partial charge in [0, 0.05) is 42.0 Å². The number of H-pyrrole nitrogens is 1. The second-order valence-corrected chi connectivity index (χ2v) is 8.76. The van der Waals surface area contributed by atoms with E-state index in [1.165, 1.54) is 0 Å². The molecule has 4 rings (SSSR count). The van der Waals surface area contributed by atoms with Crippen molar-refractivity contribution in [2.45, 2.75) is 44.7 Å². The molecule has 1 aliphatic rings. The van der Waals surface area contributed by atoms with Crippen molar-refractivity contribution in [2.75, 3.05) is 11.1 Å². The van der Waals surface area contributed by atoms with E-state index in [1.807, 2.05) is 19.3 Å². The van der Waals surface area contributed by atoms with Crippen LogP contribution >= 0.6 is 23.3 Å². The molecule has 3 aromatic heterocycles. The molecule has 3 N–H and O–H groups in total. The van der Waals surface area contributed by atoms with E-state index in [0.717, 1.165) is 57.3 Å². The lowest BCUT2D eigenvalue weighted by atomic mass is 9.87. The Kier molecular flexibility index (Phi) is 5.57. The average molecular weight is 400 g/mol. The quantitative estimate of drug-likeness (QED) is 0.390. The van der Waals surface area contributed by atoms with Crippen LogP contribution in [-0.4, -0.2) is 38.0 Å². The molecule has 140 valence electrons. The smallest absolute Gasteiger partial charge is 0.151 e. The van der Waals surface area contributed by atoms with E-state index in [-0.39, 0.29) is 0 Å². The van der Waals surface area contributed by atoms with E-state index in [4.69, 9.17) is 5.26 Å². The number of nitriles is 1. The predicted molar refractivity (Wildman–Crippen MR) is 111 cm³/mol. The first-order valence-corrected chi connectivity index (χ1v) is 10.8. The number of aromatic amines is 1. The lowest BCUT2D eigenvalue weighted by Gasteiger charge is -2.37. The van der Waals surface area contributed by atoms with Crippen LogP contribution in [0.15, 0.2) is 18.5 Å². The minimum atomic E-state index is 0.426. The zero-order valence-electron chi connectivity index (χ0n) is 15.0. The highest BCUT2D eigenvalue weighted by atomic mass is 32.2. The SMILES string of the molecule is Cc1nnc(-c2cnc3[nH]ccc3c2NC2CC(NSCCCC#N)C2)s1. The number of fused-ring (bicyclic) bond motifs is 1. The Morgan fingerprint density at radius 1 is 1.37 bits per heavy atom. The van der Waals surface area contributed by atoms with Gasteiger partial charge in [-0.1, -0.05) is 23.3 Å². The van der Waals surface area contributed by atoms with Crippen LogP contribution in [0.1, 0.15) is 30.7 Å². The van der Waals surface area contributed by atoms with E-state index in [9.17, 15) is 0 Å². The van der Waals surface area contributed by atoms with E-state index in [0.29, 0.717) is 18.5 Å². The molecule has 0 saturated heterocycles. The highest BCUT2D eigenvalue weighted by Crippen LogP contribution is 2.37. The number of hydrogen-bond acceptors (Lipinski definition) is 8. The van der Waals surface area contributed by atoms with Gasteiger partial charge in [-0.25, -0.2) is 4.98 Å². The zero-order chi connectivity index (χ0) is 18.6. The summed E-state index contributed by atoms with van der Waals surface area (Å²) < 4.78 is 3.50. The molecule has 0 radical (unpaired) electrons. The fourth-order valence-corrected chi connectivity index (χ4v) is 4.71. The summed E-state index contributed by atoms with van der Waals surface area (Å²) in [6.07, 6.45) is 7.52. The molecule has 0 aromatic carbocycles. The van der Waals surface area contributed by atoms with Gasteiger partial charge in [-0.05, 0) is 32.3 Å². The largest absolute Gasteiger partial charge is 0.381 e. The van der Waals surface area contributed by atoms with E-state index in [1.54, 1.807) is 23.3 Å². The van der Waals surface area contributed by atoms with E-state index in [2.05, 4.69) is 42.3 Å². The molecule has 0 spiro atoms. The van der Waals surface area contributed by atoms with Gasteiger partial charge in [-0.3, -0.25) is 4.72 Å². The summed E-state index contributed by atoms with van der Waals surface area (Å²) in [5, 5.41) is 23.7. The zero-order valence-corrected chi connectivity index (χ0v) is 16.7. The Balaban J connectivity index is 1.42. The summed E-state index contributed by atoms with van der Waals surface area (Å²) in [7, 11) is 0. The van der Waals surface area contributed by atoms with Crippen LogP contribution < -0.4 is 10.0 Å². The summed E-state index contributed by atoms with van der Waals surface area (Å²) in [4.78, 5) is 7.71. The highest BCUT2D eigenvalue weighted by Gasteiger charge is 2.30. The van der Waals surface area contributed by atoms with Crippen molar-refractivity contribution in [3.63, 3.8) is 0 Å². The van der Waals surface area contributed by atoms with Gasteiger partial charge in [0.25, 0.3) is 0 Å². The molecule has 0 aliphatic heterocycles. The summed E-state index contributed by atoms with van der Waals surface area (Å²) in [6, 6.07) is 5.19. The minimum Gasteiger partial charge on any atom is -0.381 e. The Morgan fingerprint density at radius 3 is 3.04 bits per heavy atom. The maximum absolute atomic E-state index is 8.57. The lowest BCUT2D eigenvalue weighted by molar-refractivity contribution is 0.355. The molecular weight excluding hydrogens is 378 g/mol. The van der Waals surface area contributed by atoms with Crippen molar-refractivity contribution in [3.05, 3.63) is 23.5 Å². The van der Waals surface area contributed by atoms with Crippen molar-refractivity contribution in [1.82, 2.24) is 24.9 Å². The molecule has 0 unspecified atom stereocenters. The lowest BCUT2D eigenvalue weighted by Crippen LogP contribution is -2.45. The third-order valence-corrected chi connectivity index (χ3v) is 6.48. The van der Waals surface area contributed by atoms with E-state index < -0.39 is 0 Å². The van der Waals surface area contributed by atoms with Crippen LogP contribution in [0.2, 0.25) is 0 Å².